The van der Waals surface area contributed by atoms with Gasteiger partial charge in [0.1, 0.15) is 0 Å². The molecule has 4 rings (SSSR count). The fraction of sp³-hybridized carbons (Fsp3) is 0.360. The van der Waals surface area contributed by atoms with Crippen LogP contribution in [0.15, 0.2) is 58.0 Å². The maximum absolute atomic E-state index is 11.2. The second kappa shape index (κ2) is 13.6. The zero-order valence-electron chi connectivity index (χ0n) is 21.9. The molecule has 15 heteroatoms. The number of halogens is 2. The molecule has 0 saturated carbocycles. The number of allylic oxidation sites excluding steroid dienone is 1. The molecule has 10 nitrogen and oxygen atoms in total. The number of ether oxygens (including phenoxy) is 1. The van der Waals surface area contributed by atoms with Crippen LogP contribution >= 0.6 is 23.2 Å². The van der Waals surface area contributed by atoms with Gasteiger partial charge in [-0.1, -0.05) is 35.9 Å². The van der Waals surface area contributed by atoms with Gasteiger partial charge in [0.25, 0.3) is 5.52 Å². The second-order valence-corrected chi connectivity index (χ2v) is 12.8. The SMILES string of the molecule is CCC(=C=C1Oc2ccc(Cl)cc2N1CCCS(=O)(=O)[O-])Cc1oc2ccc(Cl)cc2[n+]1CCCS(=O)(=O)[O-].[Na+]. The van der Waals surface area contributed by atoms with Gasteiger partial charge in [-0.25, -0.2) is 16.8 Å². The van der Waals surface area contributed by atoms with E-state index in [4.69, 9.17) is 32.4 Å². The number of hydrogen-bond acceptors (Lipinski definition) is 9. The third-order valence-electron chi connectivity index (χ3n) is 6.03. The van der Waals surface area contributed by atoms with Gasteiger partial charge in [-0.3, -0.25) is 0 Å². The summed E-state index contributed by atoms with van der Waals surface area (Å²) in [5, 5.41) is 0.932. The average molecular weight is 640 g/mol. The van der Waals surface area contributed by atoms with Crippen LogP contribution in [0.2, 0.25) is 10.0 Å². The molecule has 0 fully saturated rings. The molecule has 1 aromatic heterocycles. The fourth-order valence-corrected chi connectivity index (χ4v) is 5.54. The van der Waals surface area contributed by atoms with Crippen LogP contribution in [-0.2, 0) is 33.2 Å². The number of anilines is 1. The minimum atomic E-state index is -4.39. The summed E-state index contributed by atoms with van der Waals surface area (Å²) >= 11 is 12.4. The second-order valence-electron chi connectivity index (χ2n) is 8.92. The van der Waals surface area contributed by atoms with E-state index >= 15 is 0 Å². The van der Waals surface area contributed by atoms with E-state index in [1.54, 1.807) is 45.9 Å². The van der Waals surface area contributed by atoms with Crippen molar-refractivity contribution < 1.29 is 69.2 Å². The summed E-state index contributed by atoms with van der Waals surface area (Å²) in [4.78, 5) is 1.72. The summed E-state index contributed by atoms with van der Waals surface area (Å²) in [6.07, 6.45) is 0.979. The quantitative estimate of drug-likeness (QED) is 0.131. The Kier molecular flexibility index (Phi) is 11.2. The van der Waals surface area contributed by atoms with Crippen molar-refractivity contribution in [2.75, 3.05) is 23.0 Å². The molecule has 0 atom stereocenters. The zero-order valence-corrected chi connectivity index (χ0v) is 27.0. The molecule has 1 aliphatic heterocycles. The van der Waals surface area contributed by atoms with Gasteiger partial charge < -0.3 is 23.2 Å². The van der Waals surface area contributed by atoms with Crippen molar-refractivity contribution in [3.63, 3.8) is 0 Å². The van der Waals surface area contributed by atoms with Crippen molar-refractivity contribution in [1.29, 1.82) is 0 Å². The van der Waals surface area contributed by atoms with Crippen LogP contribution in [0.3, 0.4) is 0 Å². The molecule has 0 amide bonds. The van der Waals surface area contributed by atoms with Gasteiger partial charge in [0, 0.05) is 40.6 Å². The van der Waals surface area contributed by atoms with Gasteiger partial charge in [0.2, 0.25) is 11.5 Å². The zero-order chi connectivity index (χ0) is 28.4. The Hall–Kier alpha value is -1.57. The molecule has 0 saturated heterocycles. The van der Waals surface area contributed by atoms with Crippen molar-refractivity contribution in [3.8, 4) is 5.75 Å². The Morgan fingerprint density at radius 3 is 2.33 bits per heavy atom. The summed E-state index contributed by atoms with van der Waals surface area (Å²) in [5.74, 6) is 0.279. The molecule has 210 valence electrons. The van der Waals surface area contributed by atoms with Gasteiger partial charge in [0.15, 0.2) is 12.3 Å². The molecule has 0 unspecified atom stereocenters. The van der Waals surface area contributed by atoms with Crippen LogP contribution in [0.4, 0.5) is 5.69 Å². The molecule has 40 heavy (non-hydrogen) atoms. The Bertz CT molecular complexity index is 1680. The number of fused-ring (bicyclic) bond motifs is 2. The number of oxazole rings is 1. The normalized spacial score (nSPS) is 13.1. The fourth-order valence-electron chi connectivity index (χ4n) is 4.24. The molecule has 0 aliphatic carbocycles. The van der Waals surface area contributed by atoms with E-state index in [1.807, 2.05) is 6.92 Å². The van der Waals surface area contributed by atoms with Gasteiger partial charge >= 0.3 is 35.4 Å². The van der Waals surface area contributed by atoms with Gasteiger partial charge in [0.05, 0.1) is 32.3 Å². The van der Waals surface area contributed by atoms with Gasteiger partial charge in [-0.2, -0.15) is 4.57 Å². The maximum atomic E-state index is 11.2. The summed E-state index contributed by atoms with van der Waals surface area (Å²) < 4.78 is 80.8. The number of benzene rings is 2. The first-order valence-corrected chi connectivity index (χ1v) is 16.0. The summed E-state index contributed by atoms with van der Waals surface area (Å²) in [5.41, 5.74) is 5.85. The first kappa shape index (κ1) is 32.9. The molecule has 3 aromatic rings. The molecule has 0 radical (unpaired) electrons. The summed E-state index contributed by atoms with van der Waals surface area (Å²) in [6.45, 7) is 2.32. The maximum Gasteiger partial charge on any atom is 1.00 e. The average Bonchev–Trinajstić information content (AvgIpc) is 3.34. The van der Waals surface area contributed by atoms with Crippen LogP contribution < -0.4 is 43.8 Å². The van der Waals surface area contributed by atoms with E-state index in [-0.39, 0.29) is 61.9 Å². The van der Waals surface area contributed by atoms with Crippen LogP contribution in [0.1, 0.15) is 32.1 Å². The Balaban J connectivity index is 0.00000441. The van der Waals surface area contributed by atoms with E-state index in [9.17, 15) is 25.9 Å². The van der Waals surface area contributed by atoms with Gasteiger partial charge in [-0.15, -0.1) is 0 Å². The van der Waals surface area contributed by atoms with E-state index in [0.717, 1.165) is 5.57 Å². The van der Waals surface area contributed by atoms with E-state index < -0.39 is 31.7 Å². The first-order valence-electron chi connectivity index (χ1n) is 12.0. The van der Waals surface area contributed by atoms with Crippen LogP contribution in [0.25, 0.3) is 11.1 Å². The molecular weight excluding hydrogens is 614 g/mol. The number of aromatic nitrogens is 1. The molecule has 0 N–H and O–H groups in total. The van der Waals surface area contributed by atoms with Crippen molar-refractivity contribution in [2.45, 2.75) is 39.2 Å². The molecule has 0 bridgehead atoms. The van der Waals surface area contributed by atoms with Crippen molar-refractivity contribution in [3.05, 3.63) is 69.5 Å². The number of rotatable bonds is 11. The van der Waals surface area contributed by atoms with E-state index in [2.05, 4.69) is 5.73 Å². The van der Waals surface area contributed by atoms with Crippen LogP contribution in [0, 0.1) is 0 Å². The molecular formula is C25H25Cl2N2NaO8S2. The topological polar surface area (TPSA) is 144 Å². The van der Waals surface area contributed by atoms with Crippen molar-refractivity contribution >= 4 is 60.2 Å². The summed E-state index contributed by atoms with van der Waals surface area (Å²) in [6, 6.07) is 10.1. The molecule has 1 aliphatic rings. The molecule has 2 heterocycles. The minimum absolute atomic E-state index is 0. The monoisotopic (exact) mass is 638 g/mol. The minimum Gasteiger partial charge on any atom is -0.748 e. The molecule has 0 spiro atoms. The Morgan fingerprint density at radius 1 is 1.00 bits per heavy atom. The Morgan fingerprint density at radius 2 is 1.65 bits per heavy atom. The first-order chi connectivity index (χ1) is 18.3. The van der Waals surface area contributed by atoms with Gasteiger partial charge in [-0.05, 0) is 48.7 Å². The number of nitrogens with zero attached hydrogens (tertiary/aromatic N) is 2. The van der Waals surface area contributed by atoms with E-state index in [0.29, 0.717) is 50.8 Å². The van der Waals surface area contributed by atoms with E-state index in [1.165, 1.54) is 0 Å². The van der Waals surface area contributed by atoms with Crippen molar-refractivity contribution in [1.82, 2.24) is 0 Å². The largest absolute Gasteiger partial charge is 1.00 e. The predicted molar refractivity (Wildman–Crippen MR) is 144 cm³/mol. The van der Waals surface area contributed by atoms with Crippen LogP contribution in [0.5, 0.6) is 5.75 Å². The standard InChI is InChI=1S/C25H26Cl2N2O8S2.Na/c1-2-17(13-24-28(9-3-11-38(30,31)32)20-15-18(26)5-7-22(20)36-24)14-25-29(10-4-12-39(33,34)35)21-16-19(27)6-8-23(21)37-25;/h5-8,15-16H,2-4,9-13H2,1H3,(H-,30,31,32,33,34,35);/q;+1/p-1. The van der Waals surface area contributed by atoms with Crippen molar-refractivity contribution in [2.24, 2.45) is 0 Å². The number of hydrogen-bond donors (Lipinski definition) is 0. The third-order valence-corrected chi connectivity index (χ3v) is 8.08. The predicted octanol–water partition coefficient (Wildman–Crippen LogP) is 1.12. The Labute approximate surface area is 265 Å². The third kappa shape index (κ3) is 8.72. The van der Waals surface area contributed by atoms with Crippen LogP contribution in [-0.4, -0.2) is 44.0 Å². The number of aryl methyl sites for hydroxylation is 1. The molecule has 2 aromatic carbocycles. The smallest absolute Gasteiger partial charge is 0.748 e. The summed E-state index contributed by atoms with van der Waals surface area (Å²) in [7, 11) is -8.76.